The van der Waals surface area contributed by atoms with Crippen molar-refractivity contribution in [2.24, 2.45) is 5.73 Å². The molecule has 1 aromatic rings. The first-order chi connectivity index (χ1) is 8.76. The summed E-state index contributed by atoms with van der Waals surface area (Å²) in [4.78, 5) is 2.36. The van der Waals surface area contributed by atoms with Crippen LogP contribution in [0.2, 0.25) is 5.02 Å². The molecule has 0 saturated heterocycles. The summed E-state index contributed by atoms with van der Waals surface area (Å²) < 4.78 is 5.17. The van der Waals surface area contributed by atoms with Crippen LogP contribution in [0.3, 0.4) is 0 Å². The number of benzene rings is 1. The van der Waals surface area contributed by atoms with Gasteiger partial charge in [0.05, 0.1) is 17.3 Å². The average molecular weight is 269 g/mol. The number of nitrogens with zero attached hydrogens (tertiary/aromatic N) is 1. The fourth-order valence-corrected chi connectivity index (χ4v) is 2.49. The first-order valence-electron chi connectivity index (χ1n) is 6.50. The standard InChI is InChI=1S/C14H21ClN2O/c1-18-9-8-17(12-3-4-12)14-5-2-11(6-7-16)10-13(14)15/h2,5,10,12H,3-4,6-9,16H2,1H3. The summed E-state index contributed by atoms with van der Waals surface area (Å²) >= 11 is 6.39. The molecule has 0 bridgehead atoms. The van der Waals surface area contributed by atoms with Crippen molar-refractivity contribution in [1.82, 2.24) is 0 Å². The van der Waals surface area contributed by atoms with Gasteiger partial charge in [-0.25, -0.2) is 0 Å². The Kier molecular flexibility index (Phi) is 4.87. The van der Waals surface area contributed by atoms with Crippen molar-refractivity contribution in [2.75, 3.05) is 31.7 Å². The van der Waals surface area contributed by atoms with Gasteiger partial charge in [0.2, 0.25) is 0 Å². The molecule has 0 spiro atoms. The summed E-state index contributed by atoms with van der Waals surface area (Å²) in [5.41, 5.74) is 7.89. The second kappa shape index (κ2) is 6.41. The number of methoxy groups -OCH3 is 1. The zero-order valence-corrected chi connectivity index (χ0v) is 11.6. The minimum atomic E-state index is 0.637. The highest BCUT2D eigenvalue weighted by Crippen LogP contribution is 2.35. The molecule has 1 aliphatic carbocycles. The van der Waals surface area contributed by atoms with Crippen LogP contribution in [-0.2, 0) is 11.2 Å². The van der Waals surface area contributed by atoms with Gasteiger partial charge >= 0.3 is 0 Å². The van der Waals surface area contributed by atoms with Crippen molar-refractivity contribution in [3.8, 4) is 0 Å². The van der Waals surface area contributed by atoms with Gasteiger partial charge in [-0.15, -0.1) is 0 Å². The normalized spacial score (nSPS) is 14.8. The average Bonchev–Trinajstić information content (AvgIpc) is 3.17. The largest absolute Gasteiger partial charge is 0.383 e. The van der Waals surface area contributed by atoms with Crippen LogP contribution < -0.4 is 10.6 Å². The highest BCUT2D eigenvalue weighted by molar-refractivity contribution is 6.33. The molecule has 100 valence electrons. The second-order valence-electron chi connectivity index (χ2n) is 4.74. The molecule has 1 saturated carbocycles. The molecule has 3 nitrogen and oxygen atoms in total. The van der Waals surface area contributed by atoms with E-state index in [0.717, 1.165) is 30.3 Å². The van der Waals surface area contributed by atoms with Gasteiger partial charge in [0.25, 0.3) is 0 Å². The van der Waals surface area contributed by atoms with E-state index in [4.69, 9.17) is 22.1 Å². The molecule has 0 unspecified atom stereocenters. The predicted molar refractivity (Wildman–Crippen MR) is 76.5 cm³/mol. The third-order valence-electron chi connectivity index (χ3n) is 3.28. The minimum Gasteiger partial charge on any atom is -0.383 e. The summed E-state index contributed by atoms with van der Waals surface area (Å²) in [6.45, 7) is 2.29. The van der Waals surface area contributed by atoms with Crippen LogP contribution in [0.15, 0.2) is 18.2 Å². The Labute approximate surface area is 114 Å². The molecular formula is C14H21ClN2O. The zero-order chi connectivity index (χ0) is 13.0. The van der Waals surface area contributed by atoms with Crippen LogP contribution >= 0.6 is 11.6 Å². The van der Waals surface area contributed by atoms with Crippen LogP contribution in [0.5, 0.6) is 0 Å². The summed E-state index contributed by atoms with van der Waals surface area (Å²) in [5, 5.41) is 0.823. The highest BCUT2D eigenvalue weighted by atomic mass is 35.5. The van der Waals surface area contributed by atoms with Gasteiger partial charge in [-0.2, -0.15) is 0 Å². The molecule has 0 heterocycles. The van der Waals surface area contributed by atoms with Gasteiger partial charge in [-0.3, -0.25) is 0 Å². The van der Waals surface area contributed by atoms with Gasteiger partial charge in [0.15, 0.2) is 0 Å². The summed E-state index contributed by atoms with van der Waals surface area (Å²) in [6, 6.07) is 6.90. The number of hydrogen-bond acceptors (Lipinski definition) is 3. The Morgan fingerprint density at radius 1 is 1.44 bits per heavy atom. The van der Waals surface area contributed by atoms with Gasteiger partial charge in [-0.1, -0.05) is 17.7 Å². The lowest BCUT2D eigenvalue weighted by molar-refractivity contribution is 0.205. The van der Waals surface area contributed by atoms with Gasteiger partial charge in [-0.05, 0) is 43.5 Å². The molecule has 0 atom stereocenters. The van der Waals surface area contributed by atoms with E-state index in [9.17, 15) is 0 Å². The van der Waals surface area contributed by atoms with Crippen molar-refractivity contribution in [3.05, 3.63) is 28.8 Å². The number of nitrogens with two attached hydrogens (primary N) is 1. The molecule has 1 aromatic carbocycles. The minimum absolute atomic E-state index is 0.637. The maximum absolute atomic E-state index is 6.39. The molecule has 0 aromatic heterocycles. The molecule has 2 N–H and O–H groups in total. The van der Waals surface area contributed by atoms with Crippen LogP contribution in [0, 0.1) is 0 Å². The molecule has 0 aliphatic heterocycles. The number of rotatable bonds is 7. The topological polar surface area (TPSA) is 38.5 Å². The van der Waals surface area contributed by atoms with Crippen molar-refractivity contribution < 1.29 is 4.74 Å². The highest BCUT2D eigenvalue weighted by Gasteiger charge is 2.29. The molecule has 1 fully saturated rings. The molecule has 0 radical (unpaired) electrons. The van der Waals surface area contributed by atoms with E-state index < -0.39 is 0 Å². The van der Waals surface area contributed by atoms with E-state index in [0.29, 0.717) is 12.6 Å². The Balaban J connectivity index is 2.13. The fraction of sp³-hybridized carbons (Fsp3) is 0.571. The van der Waals surface area contributed by atoms with E-state index in [1.54, 1.807) is 7.11 Å². The maximum Gasteiger partial charge on any atom is 0.0642 e. The number of halogens is 1. The molecule has 18 heavy (non-hydrogen) atoms. The lowest BCUT2D eigenvalue weighted by Gasteiger charge is -2.25. The molecular weight excluding hydrogens is 248 g/mol. The first-order valence-corrected chi connectivity index (χ1v) is 6.88. The Bertz CT molecular complexity index is 393. The zero-order valence-electron chi connectivity index (χ0n) is 10.9. The Morgan fingerprint density at radius 3 is 2.78 bits per heavy atom. The van der Waals surface area contributed by atoms with E-state index in [1.807, 2.05) is 6.07 Å². The number of hydrogen-bond donors (Lipinski definition) is 1. The van der Waals surface area contributed by atoms with Crippen LogP contribution in [0.25, 0.3) is 0 Å². The third kappa shape index (κ3) is 3.37. The Morgan fingerprint density at radius 2 is 2.22 bits per heavy atom. The van der Waals surface area contributed by atoms with Crippen molar-refractivity contribution in [2.45, 2.75) is 25.3 Å². The van der Waals surface area contributed by atoms with Gasteiger partial charge in [0.1, 0.15) is 0 Å². The van der Waals surface area contributed by atoms with Crippen LogP contribution in [-0.4, -0.2) is 32.8 Å². The first kappa shape index (κ1) is 13.7. The second-order valence-corrected chi connectivity index (χ2v) is 5.15. The predicted octanol–water partition coefficient (Wildman–Crippen LogP) is 2.46. The van der Waals surface area contributed by atoms with E-state index in [-0.39, 0.29) is 0 Å². The van der Waals surface area contributed by atoms with Crippen LogP contribution in [0.1, 0.15) is 18.4 Å². The lowest BCUT2D eigenvalue weighted by atomic mass is 10.1. The van der Waals surface area contributed by atoms with Gasteiger partial charge in [0, 0.05) is 19.7 Å². The number of ether oxygens (including phenoxy) is 1. The molecule has 0 amide bonds. The van der Waals surface area contributed by atoms with Crippen molar-refractivity contribution in [3.63, 3.8) is 0 Å². The van der Waals surface area contributed by atoms with Crippen molar-refractivity contribution in [1.29, 1.82) is 0 Å². The van der Waals surface area contributed by atoms with E-state index >= 15 is 0 Å². The van der Waals surface area contributed by atoms with E-state index in [2.05, 4.69) is 17.0 Å². The van der Waals surface area contributed by atoms with E-state index in [1.165, 1.54) is 18.4 Å². The van der Waals surface area contributed by atoms with Crippen LogP contribution in [0.4, 0.5) is 5.69 Å². The molecule has 4 heteroatoms. The maximum atomic E-state index is 6.39. The summed E-state index contributed by atoms with van der Waals surface area (Å²) in [6.07, 6.45) is 3.39. The monoisotopic (exact) mass is 268 g/mol. The summed E-state index contributed by atoms with van der Waals surface area (Å²) in [7, 11) is 1.73. The van der Waals surface area contributed by atoms with Gasteiger partial charge < -0.3 is 15.4 Å². The SMILES string of the molecule is COCCN(c1ccc(CCN)cc1Cl)C1CC1. The lowest BCUT2D eigenvalue weighted by Crippen LogP contribution is -2.29. The smallest absolute Gasteiger partial charge is 0.0642 e. The quantitative estimate of drug-likeness (QED) is 0.826. The Hall–Kier alpha value is -0.770. The third-order valence-corrected chi connectivity index (χ3v) is 3.58. The molecule has 2 rings (SSSR count). The van der Waals surface area contributed by atoms with Crippen molar-refractivity contribution >= 4 is 17.3 Å². The number of anilines is 1. The summed E-state index contributed by atoms with van der Waals surface area (Å²) in [5.74, 6) is 0. The molecule has 1 aliphatic rings. The fourth-order valence-electron chi connectivity index (χ4n) is 2.18.